The van der Waals surface area contributed by atoms with Crippen LogP contribution in [-0.2, 0) is 6.54 Å². The van der Waals surface area contributed by atoms with Crippen molar-refractivity contribution in [1.82, 2.24) is 5.32 Å². The fourth-order valence-corrected chi connectivity index (χ4v) is 2.67. The lowest BCUT2D eigenvalue weighted by Crippen LogP contribution is -2.12. The number of hydrogen-bond acceptors (Lipinski definition) is 1. The predicted molar refractivity (Wildman–Crippen MR) is 88.8 cm³/mol. The Labute approximate surface area is 130 Å². The molecular formula is C17H19Cl2N. The Kier molecular flexibility index (Phi) is 5.09. The largest absolute Gasteiger partial charge is 0.313 e. The molecule has 3 heteroatoms. The average molecular weight is 308 g/mol. The SMILES string of the molecule is CCNCc1ccc(Cl)cc1-c1cc(C)c(Cl)cc1C. The number of nitrogens with one attached hydrogen (secondary N) is 1. The van der Waals surface area contributed by atoms with Crippen LogP contribution >= 0.6 is 23.2 Å². The normalized spacial score (nSPS) is 10.8. The zero-order valence-corrected chi connectivity index (χ0v) is 13.6. The summed E-state index contributed by atoms with van der Waals surface area (Å²) in [5.41, 5.74) is 5.88. The molecule has 0 bridgehead atoms. The molecule has 0 saturated carbocycles. The summed E-state index contributed by atoms with van der Waals surface area (Å²) in [4.78, 5) is 0. The van der Waals surface area contributed by atoms with E-state index in [0.717, 1.165) is 28.7 Å². The Bertz CT molecular complexity index is 621. The van der Waals surface area contributed by atoms with Crippen molar-refractivity contribution in [3.63, 3.8) is 0 Å². The second-order valence-corrected chi connectivity index (χ2v) is 5.84. The minimum absolute atomic E-state index is 0.757. The van der Waals surface area contributed by atoms with Gasteiger partial charge in [0.1, 0.15) is 0 Å². The van der Waals surface area contributed by atoms with E-state index in [0.29, 0.717) is 0 Å². The topological polar surface area (TPSA) is 12.0 Å². The van der Waals surface area contributed by atoms with Gasteiger partial charge in [-0.05, 0) is 72.5 Å². The van der Waals surface area contributed by atoms with Crippen molar-refractivity contribution in [2.45, 2.75) is 27.3 Å². The Morgan fingerprint density at radius 1 is 0.950 bits per heavy atom. The molecule has 0 atom stereocenters. The van der Waals surface area contributed by atoms with Gasteiger partial charge in [0.2, 0.25) is 0 Å². The quantitative estimate of drug-likeness (QED) is 0.799. The second kappa shape index (κ2) is 6.62. The van der Waals surface area contributed by atoms with Gasteiger partial charge in [-0.3, -0.25) is 0 Å². The number of aryl methyl sites for hydroxylation is 2. The van der Waals surface area contributed by atoms with Crippen molar-refractivity contribution in [2.75, 3.05) is 6.54 Å². The fraction of sp³-hybridized carbons (Fsp3) is 0.294. The third-order valence-electron chi connectivity index (χ3n) is 3.43. The van der Waals surface area contributed by atoms with Crippen molar-refractivity contribution >= 4 is 23.2 Å². The summed E-state index contributed by atoms with van der Waals surface area (Å²) in [5, 5.41) is 4.93. The molecule has 0 unspecified atom stereocenters. The highest BCUT2D eigenvalue weighted by molar-refractivity contribution is 6.31. The summed E-state index contributed by atoms with van der Waals surface area (Å²) in [6.07, 6.45) is 0. The fourth-order valence-electron chi connectivity index (χ4n) is 2.28. The van der Waals surface area contributed by atoms with Crippen LogP contribution in [0.4, 0.5) is 0 Å². The summed E-state index contributed by atoms with van der Waals surface area (Å²) in [6, 6.07) is 10.2. The van der Waals surface area contributed by atoms with Crippen LogP contribution in [0, 0.1) is 13.8 Å². The first kappa shape index (κ1) is 15.4. The maximum absolute atomic E-state index is 6.19. The monoisotopic (exact) mass is 307 g/mol. The van der Waals surface area contributed by atoms with E-state index >= 15 is 0 Å². The average Bonchev–Trinajstić information content (AvgIpc) is 2.41. The van der Waals surface area contributed by atoms with Gasteiger partial charge in [-0.15, -0.1) is 0 Å². The molecule has 0 aliphatic rings. The Morgan fingerprint density at radius 2 is 1.70 bits per heavy atom. The number of hydrogen-bond donors (Lipinski definition) is 1. The van der Waals surface area contributed by atoms with Gasteiger partial charge in [0.05, 0.1) is 0 Å². The van der Waals surface area contributed by atoms with Gasteiger partial charge >= 0.3 is 0 Å². The van der Waals surface area contributed by atoms with Crippen LogP contribution in [0.2, 0.25) is 10.0 Å². The molecule has 0 radical (unpaired) electrons. The molecule has 106 valence electrons. The van der Waals surface area contributed by atoms with Gasteiger partial charge in [-0.1, -0.05) is 36.2 Å². The molecular weight excluding hydrogens is 289 g/mol. The third-order valence-corrected chi connectivity index (χ3v) is 4.08. The van der Waals surface area contributed by atoms with Crippen molar-refractivity contribution in [1.29, 1.82) is 0 Å². The lowest BCUT2D eigenvalue weighted by Gasteiger charge is -2.14. The molecule has 0 fully saturated rings. The molecule has 1 nitrogen and oxygen atoms in total. The van der Waals surface area contributed by atoms with Crippen LogP contribution in [0.3, 0.4) is 0 Å². The molecule has 0 aliphatic carbocycles. The summed E-state index contributed by atoms with van der Waals surface area (Å²) in [7, 11) is 0. The Hall–Kier alpha value is -1.02. The molecule has 0 spiro atoms. The van der Waals surface area contributed by atoms with Crippen molar-refractivity contribution < 1.29 is 0 Å². The van der Waals surface area contributed by atoms with E-state index in [2.05, 4.69) is 31.3 Å². The second-order valence-electron chi connectivity index (χ2n) is 5.00. The van der Waals surface area contributed by atoms with Crippen molar-refractivity contribution in [3.8, 4) is 11.1 Å². The molecule has 0 aliphatic heterocycles. The highest BCUT2D eigenvalue weighted by Crippen LogP contribution is 2.32. The van der Waals surface area contributed by atoms with Gasteiger partial charge < -0.3 is 5.32 Å². The molecule has 2 aromatic rings. The smallest absolute Gasteiger partial charge is 0.0438 e. The molecule has 20 heavy (non-hydrogen) atoms. The van der Waals surface area contributed by atoms with E-state index in [-0.39, 0.29) is 0 Å². The van der Waals surface area contributed by atoms with Crippen LogP contribution in [-0.4, -0.2) is 6.54 Å². The van der Waals surface area contributed by atoms with E-state index in [9.17, 15) is 0 Å². The summed E-state index contributed by atoms with van der Waals surface area (Å²) in [5.74, 6) is 0. The molecule has 2 aromatic carbocycles. The molecule has 0 saturated heterocycles. The summed E-state index contributed by atoms with van der Waals surface area (Å²) < 4.78 is 0. The molecule has 0 heterocycles. The molecule has 0 amide bonds. The van der Waals surface area contributed by atoms with E-state index in [1.165, 1.54) is 22.3 Å². The van der Waals surface area contributed by atoms with Gasteiger partial charge in [0, 0.05) is 16.6 Å². The number of halogens is 2. The van der Waals surface area contributed by atoms with Crippen LogP contribution in [0.15, 0.2) is 30.3 Å². The van der Waals surface area contributed by atoms with Crippen molar-refractivity contribution in [2.24, 2.45) is 0 Å². The number of rotatable bonds is 4. The third kappa shape index (κ3) is 3.35. The first-order valence-corrected chi connectivity index (χ1v) is 7.54. The van der Waals surface area contributed by atoms with E-state index in [1.807, 2.05) is 25.1 Å². The highest BCUT2D eigenvalue weighted by Gasteiger charge is 2.10. The van der Waals surface area contributed by atoms with Gasteiger partial charge in [0.25, 0.3) is 0 Å². The zero-order chi connectivity index (χ0) is 14.7. The molecule has 2 rings (SSSR count). The van der Waals surface area contributed by atoms with E-state index in [1.54, 1.807) is 0 Å². The predicted octanol–water partition coefficient (Wildman–Crippen LogP) is 5.39. The molecule has 0 aromatic heterocycles. The van der Waals surface area contributed by atoms with Gasteiger partial charge in [-0.2, -0.15) is 0 Å². The number of benzene rings is 2. The Balaban J connectivity index is 2.55. The first-order valence-electron chi connectivity index (χ1n) is 6.79. The van der Waals surface area contributed by atoms with E-state index in [4.69, 9.17) is 23.2 Å². The van der Waals surface area contributed by atoms with Gasteiger partial charge in [-0.25, -0.2) is 0 Å². The Morgan fingerprint density at radius 3 is 2.40 bits per heavy atom. The lowest BCUT2D eigenvalue weighted by atomic mass is 9.94. The standard InChI is InChI=1S/C17H19Cl2N/c1-4-20-10-13-5-6-14(18)9-16(13)15-7-12(3)17(19)8-11(15)2/h5-9,20H,4,10H2,1-3H3. The van der Waals surface area contributed by atoms with Gasteiger partial charge in [0.15, 0.2) is 0 Å². The lowest BCUT2D eigenvalue weighted by molar-refractivity contribution is 0.728. The minimum Gasteiger partial charge on any atom is -0.313 e. The van der Waals surface area contributed by atoms with Crippen LogP contribution in [0.1, 0.15) is 23.6 Å². The maximum atomic E-state index is 6.19. The highest BCUT2D eigenvalue weighted by atomic mass is 35.5. The van der Waals surface area contributed by atoms with Crippen LogP contribution in [0.5, 0.6) is 0 Å². The maximum Gasteiger partial charge on any atom is 0.0438 e. The first-order chi connectivity index (χ1) is 9.52. The van der Waals surface area contributed by atoms with E-state index < -0.39 is 0 Å². The summed E-state index contributed by atoms with van der Waals surface area (Å²) >= 11 is 12.4. The zero-order valence-electron chi connectivity index (χ0n) is 12.1. The van der Waals surface area contributed by atoms with Crippen LogP contribution < -0.4 is 5.32 Å². The summed E-state index contributed by atoms with van der Waals surface area (Å²) in [6.45, 7) is 8.00. The minimum atomic E-state index is 0.757. The van der Waals surface area contributed by atoms with Crippen molar-refractivity contribution in [3.05, 3.63) is 57.1 Å². The molecule has 1 N–H and O–H groups in total. The van der Waals surface area contributed by atoms with Crippen LogP contribution in [0.25, 0.3) is 11.1 Å².